The Morgan fingerprint density at radius 3 is 2.61 bits per heavy atom. The van der Waals surface area contributed by atoms with Crippen molar-refractivity contribution in [1.29, 1.82) is 0 Å². The molecule has 0 unspecified atom stereocenters. The minimum atomic E-state index is -0.726. The SMILES string of the molecule is C/C=C/C=C/C(=O)N(CCOC)c1c(N)n(Cc2ccccc2)c(=O)[nH]c1=O. The number of methoxy groups -OCH3 is 1. The number of benzene rings is 1. The van der Waals surface area contributed by atoms with Gasteiger partial charge in [0, 0.05) is 19.7 Å². The zero-order valence-electron chi connectivity index (χ0n) is 15.9. The second kappa shape index (κ2) is 10.1. The molecule has 0 spiro atoms. The fourth-order valence-corrected chi connectivity index (χ4v) is 2.61. The highest BCUT2D eigenvalue weighted by molar-refractivity contribution is 6.03. The molecule has 0 aliphatic heterocycles. The van der Waals surface area contributed by atoms with Crippen molar-refractivity contribution in [3.8, 4) is 0 Å². The van der Waals surface area contributed by atoms with Gasteiger partial charge in [0.1, 0.15) is 5.82 Å². The van der Waals surface area contributed by atoms with E-state index < -0.39 is 17.2 Å². The second-order valence-corrected chi connectivity index (χ2v) is 5.93. The van der Waals surface area contributed by atoms with E-state index in [-0.39, 0.29) is 31.2 Å². The monoisotopic (exact) mass is 384 g/mol. The van der Waals surface area contributed by atoms with Crippen LogP contribution in [0.15, 0.2) is 64.2 Å². The fraction of sp³-hybridized carbons (Fsp3) is 0.250. The highest BCUT2D eigenvalue weighted by Crippen LogP contribution is 2.18. The van der Waals surface area contributed by atoms with Crippen LogP contribution in [0, 0.1) is 0 Å². The number of nitrogens with two attached hydrogens (primary N) is 1. The number of aromatic amines is 1. The molecule has 0 atom stereocenters. The number of carbonyl (C=O) groups excluding carboxylic acids is 1. The molecule has 2 aromatic rings. The number of anilines is 2. The summed E-state index contributed by atoms with van der Waals surface area (Å²) in [5.74, 6) is -0.529. The Kier molecular flexibility index (Phi) is 7.53. The smallest absolute Gasteiger partial charge is 0.330 e. The quantitative estimate of drug-likeness (QED) is 0.526. The summed E-state index contributed by atoms with van der Waals surface area (Å²) in [5, 5.41) is 0. The molecule has 0 bridgehead atoms. The summed E-state index contributed by atoms with van der Waals surface area (Å²) in [5.41, 5.74) is 5.55. The maximum Gasteiger partial charge on any atom is 0.330 e. The Bertz CT molecular complexity index is 974. The molecule has 0 saturated carbocycles. The molecule has 8 heteroatoms. The Labute approximate surface area is 162 Å². The van der Waals surface area contributed by atoms with Crippen LogP contribution in [0.5, 0.6) is 0 Å². The molecule has 0 saturated heterocycles. The van der Waals surface area contributed by atoms with Crippen molar-refractivity contribution in [2.24, 2.45) is 0 Å². The maximum absolute atomic E-state index is 12.6. The number of nitrogens with zero attached hydrogens (tertiary/aromatic N) is 2. The molecule has 1 aromatic heterocycles. The number of carbonyl (C=O) groups is 1. The van der Waals surface area contributed by atoms with Crippen LogP contribution in [0.2, 0.25) is 0 Å². The molecule has 0 aliphatic rings. The van der Waals surface area contributed by atoms with Crippen LogP contribution in [-0.4, -0.2) is 35.7 Å². The lowest BCUT2D eigenvalue weighted by Crippen LogP contribution is -2.42. The van der Waals surface area contributed by atoms with Gasteiger partial charge in [0.2, 0.25) is 0 Å². The summed E-state index contributed by atoms with van der Waals surface area (Å²) < 4.78 is 6.28. The number of hydrogen-bond acceptors (Lipinski definition) is 5. The Balaban J connectivity index is 2.53. The summed E-state index contributed by atoms with van der Waals surface area (Å²) in [6, 6.07) is 9.21. The van der Waals surface area contributed by atoms with Crippen molar-refractivity contribution >= 4 is 17.4 Å². The number of aromatic nitrogens is 2. The van der Waals surface area contributed by atoms with Crippen LogP contribution >= 0.6 is 0 Å². The normalized spacial score (nSPS) is 11.4. The van der Waals surface area contributed by atoms with Crippen molar-refractivity contribution in [3.05, 3.63) is 81.0 Å². The topological polar surface area (TPSA) is 110 Å². The first-order valence-electron chi connectivity index (χ1n) is 8.76. The van der Waals surface area contributed by atoms with E-state index in [9.17, 15) is 14.4 Å². The third kappa shape index (κ3) is 5.08. The fourth-order valence-electron chi connectivity index (χ4n) is 2.61. The van der Waals surface area contributed by atoms with Crippen molar-refractivity contribution in [2.45, 2.75) is 13.5 Å². The minimum absolute atomic E-state index is 0.0808. The van der Waals surface area contributed by atoms with Crippen LogP contribution < -0.4 is 21.9 Å². The average molecular weight is 384 g/mol. The van der Waals surface area contributed by atoms with Crippen LogP contribution in [0.25, 0.3) is 0 Å². The van der Waals surface area contributed by atoms with E-state index in [4.69, 9.17) is 10.5 Å². The molecule has 0 radical (unpaired) electrons. The summed E-state index contributed by atoms with van der Waals surface area (Å²) >= 11 is 0. The van der Waals surface area contributed by atoms with Gasteiger partial charge in [-0.1, -0.05) is 48.6 Å². The van der Waals surface area contributed by atoms with Gasteiger partial charge in [0.15, 0.2) is 5.69 Å². The van der Waals surface area contributed by atoms with E-state index in [1.807, 2.05) is 37.3 Å². The number of H-pyrrole nitrogens is 1. The van der Waals surface area contributed by atoms with Gasteiger partial charge in [0.25, 0.3) is 11.5 Å². The Morgan fingerprint density at radius 2 is 1.96 bits per heavy atom. The Morgan fingerprint density at radius 1 is 1.25 bits per heavy atom. The third-order valence-electron chi connectivity index (χ3n) is 3.99. The molecule has 1 heterocycles. The van der Waals surface area contributed by atoms with Gasteiger partial charge in [-0.25, -0.2) is 4.79 Å². The molecule has 28 heavy (non-hydrogen) atoms. The highest BCUT2D eigenvalue weighted by Gasteiger charge is 2.22. The van der Waals surface area contributed by atoms with Crippen LogP contribution in [0.4, 0.5) is 11.5 Å². The lowest BCUT2D eigenvalue weighted by Gasteiger charge is -2.23. The molecule has 8 nitrogen and oxygen atoms in total. The minimum Gasteiger partial charge on any atom is -0.383 e. The van der Waals surface area contributed by atoms with E-state index in [0.717, 1.165) is 5.56 Å². The summed E-state index contributed by atoms with van der Waals surface area (Å²) in [6.45, 7) is 2.28. The van der Waals surface area contributed by atoms with Crippen LogP contribution in [0.3, 0.4) is 0 Å². The van der Waals surface area contributed by atoms with Crippen molar-refractivity contribution < 1.29 is 9.53 Å². The molecule has 2 rings (SSSR count). The van der Waals surface area contributed by atoms with Crippen LogP contribution in [-0.2, 0) is 16.1 Å². The maximum atomic E-state index is 12.6. The number of amides is 1. The molecular weight excluding hydrogens is 360 g/mol. The van der Waals surface area contributed by atoms with Crippen molar-refractivity contribution in [2.75, 3.05) is 30.9 Å². The van der Waals surface area contributed by atoms with Crippen molar-refractivity contribution in [1.82, 2.24) is 9.55 Å². The molecule has 0 fully saturated rings. The van der Waals surface area contributed by atoms with Gasteiger partial charge in [-0.2, -0.15) is 0 Å². The van der Waals surface area contributed by atoms with E-state index in [1.54, 1.807) is 18.2 Å². The van der Waals surface area contributed by atoms with Gasteiger partial charge in [-0.3, -0.25) is 24.0 Å². The molecular formula is C20H24N4O4. The standard InChI is InChI=1S/C20H24N4O4/c1-3-4-6-11-16(25)23(12-13-28-2)17-18(21)24(20(27)22-19(17)26)14-15-9-7-5-8-10-15/h3-11H,12-14,21H2,1-2H3,(H,22,26,27)/b4-3+,11-6+. The summed E-state index contributed by atoms with van der Waals surface area (Å²) in [6.07, 6.45) is 6.34. The molecule has 148 valence electrons. The average Bonchev–Trinajstić information content (AvgIpc) is 2.68. The summed E-state index contributed by atoms with van der Waals surface area (Å²) in [4.78, 5) is 40.9. The lowest BCUT2D eigenvalue weighted by atomic mass is 10.2. The predicted molar refractivity (Wildman–Crippen MR) is 109 cm³/mol. The number of rotatable bonds is 8. The molecule has 3 N–H and O–H groups in total. The number of nitrogens with one attached hydrogen (secondary N) is 1. The molecule has 1 aromatic carbocycles. The van der Waals surface area contributed by atoms with Gasteiger partial charge in [-0.15, -0.1) is 0 Å². The molecule has 1 amide bonds. The molecule has 0 aliphatic carbocycles. The number of ether oxygens (including phenoxy) is 1. The largest absolute Gasteiger partial charge is 0.383 e. The number of hydrogen-bond donors (Lipinski definition) is 2. The van der Waals surface area contributed by atoms with Crippen molar-refractivity contribution in [3.63, 3.8) is 0 Å². The van der Waals surface area contributed by atoms with Gasteiger partial charge in [-0.05, 0) is 12.5 Å². The van der Waals surface area contributed by atoms with E-state index >= 15 is 0 Å². The van der Waals surface area contributed by atoms with Gasteiger partial charge in [0.05, 0.1) is 13.2 Å². The zero-order valence-corrected chi connectivity index (χ0v) is 15.9. The predicted octanol–water partition coefficient (Wildman–Crippen LogP) is 1.28. The zero-order chi connectivity index (χ0) is 20.5. The second-order valence-electron chi connectivity index (χ2n) is 5.93. The first-order valence-corrected chi connectivity index (χ1v) is 8.76. The van der Waals surface area contributed by atoms with Crippen LogP contribution in [0.1, 0.15) is 12.5 Å². The first kappa shape index (κ1) is 20.9. The van der Waals surface area contributed by atoms with E-state index in [1.165, 1.54) is 22.7 Å². The van der Waals surface area contributed by atoms with E-state index in [0.29, 0.717) is 0 Å². The highest BCUT2D eigenvalue weighted by atomic mass is 16.5. The Hall–Kier alpha value is -3.39. The first-order chi connectivity index (χ1) is 13.5. The number of allylic oxidation sites excluding steroid dienone is 3. The number of nitrogen functional groups attached to an aromatic ring is 1. The van der Waals surface area contributed by atoms with E-state index in [2.05, 4.69) is 4.98 Å². The lowest BCUT2D eigenvalue weighted by molar-refractivity contribution is -0.114. The third-order valence-corrected chi connectivity index (χ3v) is 3.99. The van der Waals surface area contributed by atoms with Gasteiger partial charge < -0.3 is 10.5 Å². The summed E-state index contributed by atoms with van der Waals surface area (Å²) in [7, 11) is 1.49. The van der Waals surface area contributed by atoms with Gasteiger partial charge >= 0.3 is 5.69 Å².